The second kappa shape index (κ2) is 6.81. The zero-order valence-electron chi connectivity index (χ0n) is 12.7. The second-order valence-electron chi connectivity index (χ2n) is 5.04. The van der Waals surface area contributed by atoms with E-state index >= 15 is 0 Å². The molecule has 0 saturated heterocycles. The molecule has 0 heterocycles. The van der Waals surface area contributed by atoms with E-state index in [1.54, 1.807) is 19.2 Å². The molecule has 2 rings (SSSR count). The van der Waals surface area contributed by atoms with Gasteiger partial charge in [0.15, 0.2) is 0 Å². The highest BCUT2D eigenvalue weighted by atomic mass is 16.5. The van der Waals surface area contributed by atoms with E-state index in [9.17, 15) is 0 Å². The summed E-state index contributed by atoms with van der Waals surface area (Å²) >= 11 is 0. The van der Waals surface area contributed by atoms with Crippen LogP contribution in [-0.2, 0) is 0 Å². The molecule has 0 spiro atoms. The van der Waals surface area contributed by atoms with Crippen molar-refractivity contribution in [1.29, 1.82) is 5.26 Å². The van der Waals surface area contributed by atoms with Gasteiger partial charge in [-0.25, -0.2) is 0 Å². The Hall–Kier alpha value is -2.47. The molecule has 1 unspecified atom stereocenters. The zero-order valence-corrected chi connectivity index (χ0v) is 12.7. The lowest BCUT2D eigenvalue weighted by molar-refractivity contribution is 0.415. The Bertz CT molecular complexity index is 641. The molecule has 0 radical (unpaired) electrons. The molecule has 0 amide bonds. The van der Waals surface area contributed by atoms with Gasteiger partial charge in [0.25, 0.3) is 0 Å². The third-order valence-electron chi connectivity index (χ3n) is 3.55. The molecule has 3 nitrogen and oxygen atoms in total. The van der Waals surface area contributed by atoms with Crippen LogP contribution >= 0.6 is 0 Å². The number of ether oxygens (including phenoxy) is 1. The summed E-state index contributed by atoms with van der Waals surface area (Å²) in [4.78, 5) is 0. The van der Waals surface area contributed by atoms with Crippen molar-refractivity contribution in [2.45, 2.75) is 26.3 Å². The molecule has 2 aromatic rings. The molecular formula is C18H20N2O. The van der Waals surface area contributed by atoms with Crippen molar-refractivity contribution in [1.82, 2.24) is 0 Å². The molecule has 1 atom stereocenters. The largest absolute Gasteiger partial charge is 0.495 e. The molecule has 0 fully saturated rings. The monoisotopic (exact) mass is 280 g/mol. The Kier molecular flexibility index (Phi) is 4.84. The lowest BCUT2D eigenvalue weighted by atomic mass is 10.0. The van der Waals surface area contributed by atoms with Crippen molar-refractivity contribution in [2.75, 3.05) is 12.4 Å². The Labute approximate surface area is 126 Å². The van der Waals surface area contributed by atoms with Crippen LogP contribution < -0.4 is 10.1 Å². The van der Waals surface area contributed by atoms with Crippen LogP contribution in [-0.4, -0.2) is 7.11 Å². The highest BCUT2D eigenvalue weighted by Crippen LogP contribution is 2.30. The molecule has 108 valence electrons. The van der Waals surface area contributed by atoms with Crippen molar-refractivity contribution in [3.63, 3.8) is 0 Å². The highest BCUT2D eigenvalue weighted by Gasteiger charge is 2.12. The molecule has 0 aliphatic rings. The van der Waals surface area contributed by atoms with Gasteiger partial charge in [-0.1, -0.05) is 36.8 Å². The van der Waals surface area contributed by atoms with Gasteiger partial charge in [0.2, 0.25) is 0 Å². The average Bonchev–Trinajstić information content (AvgIpc) is 2.53. The maximum atomic E-state index is 8.95. The summed E-state index contributed by atoms with van der Waals surface area (Å²) in [6, 6.07) is 16.3. The molecule has 1 N–H and O–H groups in total. The summed E-state index contributed by atoms with van der Waals surface area (Å²) in [6.07, 6.45) is 0.965. The first kappa shape index (κ1) is 14.9. The molecule has 3 heteroatoms. The topological polar surface area (TPSA) is 45.0 Å². The number of hydrogen-bond donors (Lipinski definition) is 1. The summed E-state index contributed by atoms with van der Waals surface area (Å²) in [7, 11) is 1.62. The Balaban J connectivity index is 2.26. The van der Waals surface area contributed by atoms with Gasteiger partial charge in [-0.2, -0.15) is 5.26 Å². The van der Waals surface area contributed by atoms with Gasteiger partial charge in [-0.3, -0.25) is 0 Å². The first-order valence-electron chi connectivity index (χ1n) is 7.09. The van der Waals surface area contributed by atoms with Crippen LogP contribution in [0.4, 0.5) is 5.69 Å². The SMILES string of the molecule is CCC(Nc1ccc(C#N)cc1OC)c1ccc(C)cc1. The predicted molar refractivity (Wildman–Crippen MR) is 85.5 cm³/mol. The molecule has 0 aliphatic heterocycles. The fourth-order valence-electron chi connectivity index (χ4n) is 2.29. The van der Waals surface area contributed by atoms with E-state index in [1.165, 1.54) is 11.1 Å². The van der Waals surface area contributed by atoms with Crippen LogP contribution in [0.3, 0.4) is 0 Å². The predicted octanol–water partition coefficient (Wildman–Crippen LogP) is 4.44. The fourth-order valence-corrected chi connectivity index (χ4v) is 2.29. The smallest absolute Gasteiger partial charge is 0.143 e. The average molecular weight is 280 g/mol. The Morgan fingerprint density at radius 2 is 1.90 bits per heavy atom. The van der Waals surface area contributed by atoms with Gasteiger partial charge >= 0.3 is 0 Å². The van der Waals surface area contributed by atoms with Crippen molar-refractivity contribution < 1.29 is 4.74 Å². The first-order chi connectivity index (χ1) is 10.2. The number of benzene rings is 2. The number of methoxy groups -OCH3 is 1. The first-order valence-corrected chi connectivity index (χ1v) is 7.09. The molecule has 21 heavy (non-hydrogen) atoms. The van der Waals surface area contributed by atoms with Crippen molar-refractivity contribution in [3.05, 3.63) is 59.2 Å². The fraction of sp³-hybridized carbons (Fsp3) is 0.278. The van der Waals surface area contributed by atoms with Gasteiger partial charge < -0.3 is 10.1 Å². The van der Waals surface area contributed by atoms with Gasteiger partial charge in [0, 0.05) is 6.07 Å². The van der Waals surface area contributed by atoms with E-state index in [0.29, 0.717) is 11.3 Å². The van der Waals surface area contributed by atoms with Gasteiger partial charge in [0.05, 0.1) is 30.5 Å². The summed E-state index contributed by atoms with van der Waals surface area (Å²) < 4.78 is 5.37. The van der Waals surface area contributed by atoms with E-state index in [-0.39, 0.29) is 6.04 Å². The maximum Gasteiger partial charge on any atom is 0.143 e. The minimum atomic E-state index is 0.215. The maximum absolute atomic E-state index is 8.95. The van der Waals surface area contributed by atoms with E-state index in [0.717, 1.165) is 12.1 Å². The number of nitrogens with zero attached hydrogens (tertiary/aromatic N) is 1. The van der Waals surface area contributed by atoms with E-state index in [2.05, 4.69) is 49.5 Å². The molecule has 0 aromatic heterocycles. The van der Waals surface area contributed by atoms with Crippen LogP contribution in [0.2, 0.25) is 0 Å². The van der Waals surface area contributed by atoms with Crippen LogP contribution in [0, 0.1) is 18.3 Å². The number of nitriles is 1. The van der Waals surface area contributed by atoms with Crippen LogP contribution in [0.5, 0.6) is 5.75 Å². The third kappa shape index (κ3) is 3.55. The van der Waals surface area contributed by atoms with Gasteiger partial charge in [-0.05, 0) is 31.0 Å². The van der Waals surface area contributed by atoms with Crippen molar-refractivity contribution in [2.24, 2.45) is 0 Å². The number of aryl methyl sites for hydroxylation is 1. The number of nitrogens with one attached hydrogen (secondary N) is 1. The van der Waals surface area contributed by atoms with Crippen LogP contribution in [0.1, 0.15) is 36.1 Å². The lowest BCUT2D eigenvalue weighted by Gasteiger charge is -2.20. The van der Waals surface area contributed by atoms with Gasteiger partial charge in [0.1, 0.15) is 5.75 Å². The second-order valence-corrected chi connectivity index (χ2v) is 5.04. The highest BCUT2D eigenvalue weighted by molar-refractivity contribution is 5.60. The summed E-state index contributed by atoms with van der Waals surface area (Å²) in [5.74, 6) is 0.694. The number of anilines is 1. The van der Waals surface area contributed by atoms with E-state index in [1.807, 2.05) is 6.07 Å². The summed E-state index contributed by atoms with van der Waals surface area (Å²) in [5, 5.41) is 12.5. The normalized spacial score (nSPS) is 11.5. The minimum absolute atomic E-state index is 0.215. The summed E-state index contributed by atoms with van der Waals surface area (Å²) in [6.45, 7) is 4.23. The minimum Gasteiger partial charge on any atom is -0.495 e. The standard InChI is InChI=1S/C18H20N2O/c1-4-16(15-8-5-13(2)6-9-15)20-17-10-7-14(12-19)11-18(17)21-3/h5-11,16,20H,4H2,1-3H3. The molecule has 0 aliphatic carbocycles. The molecule has 2 aromatic carbocycles. The Morgan fingerprint density at radius 3 is 2.48 bits per heavy atom. The number of hydrogen-bond acceptors (Lipinski definition) is 3. The van der Waals surface area contributed by atoms with Crippen molar-refractivity contribution >= 4 is 5.69 Å². The summed E-state index contributed by atoms with van der Waals surface area (Å²) in [5.41, 5.74) is 4.00. The zero-order chi connectivity index (χ0) is 15.2. The van der Waals surface area contributed by atoms with E-state index in [4.69, 9.17) is 10.00 Å². The van der Waals surface area contributed by atoms with Gasteiger partial charge in [-0.15, -0.1) is 0 Å². The van der Waals surface area contributed by atoms with Crippen LogP contribution in [0.25, 0.3) is 0 Å². The molecular weight excluding hydrogens is 260 g/mol. The molecule has 0 saturated carbocycles. The number of rotatable bonds is 5. The third-order valence-corrected chi connectivity index (χ3v) is 3.55. The van der Waals surface area contributed by atoms with Crippen molar-refractivity contribution in [3.8, 4) is 11.8 Å². The molecule has 0 bridgehead atoms. The lowest BCUT2D eigenvalue weighted by Crippen LogP contribution is -2.10. The van der Waals surface area contributed by atoms with E-state index < -0.39 is 0 Å². The Morgan fingerprint density at radius 1 is 1.19 bits per heavy atom. The quantitative estimate of drug-likeness (QED) is 0.880. The van der Waals surface area contributed by atoms with Crippen LogP contribution in [0.15, 0.2) is 42.5 Å².